The second-order valence-electron chi connectivity index (χ2n) is 5.59. The Hall–Kier alpha value is -2.46. The van der Waals surface area contributed by atoms with Crippen LogP contribution in [0, 0.1) is 0 Å². The number of carbonyl (C=O) groups excluding carboxylic acids is 1. The number of anilines is 1. The van der Waals surface area contributed by atoms with Gasteiger partial charge in [-0.1, -0.05) is 0 Å². The Morgan fingerprint density at radius 3 is 2.32 bits per heavy atom. The van der Waals surface area contributed by atoms with Gasteiger partial charge in [0.15, 0.2) is 0 Å². The molecule has 2 rings (SSSR count). The third-order valence-electron chi connectivity index (χ3n) is 3.77. The minimum atomic E-state index is -4.13. The van der Waals surface area contributed by atoms with Gasteiger partial charge >= 0.3 is 11.9 Å². The van der Waals surface area contributed by atoms with Crippen molar-refractivity contribution in [2.45, 2.75) is 36.6 Å². The van der Waals surface area contributed by atoms with Crippen LogP contribution in [0.5, 0.6) is 0 Å². The number of carbonyl (C=O) groups is 3. The van der Waals surface area contributed by atoms with E-state index in [-0.39, 0.29) is 17.2 Å². The number of sulfonamides is 1. The van der Waals surface area contributed by atoms with Crippen LogP contribution < -0.4 is 9.62 Å². The molecule has 3 N–H and O–H groups in total. The number of nitrogens with one attached hydrogen (secondary N) is 1. The number of carboxylic acids is 2. The third-order valence-corrected chi connectivity index (χ3v) is 5.26. The number of benzene rings is 1. The molecule has 9 nitrogen and oxygen atoms in total. The maximum atomic E-state index is 12.3. The van der Waals surface area contributed by atoms with E-state index < -0.39 is 34.4 Å². The molecular formula is C15H18N2O7S. The van der Waals surface area contributed by atoms with Gasteiger partial charge in [-0.15, -0.1) is 0 Å². The van der Waals surface area contributed by atoms with Gasteiger partial charge in [0, 0.05) is 25.1 Å². The number of hydrogen-bond donors (Lipinski definition) is 3. The Bertz CT molecular complexity index is 774. The summed E-state index contributed by atoms with van der Waals surface area (Å²) in [5, 5.41) is 17.7. The number of amides is 1. The highest BCUT2D eigenvalue weighted by Gasteiger charge is 2.27. The normalized spacial score (nSPS) is 16.0. The average molecular weight is 370 g/mol. The van der Waals surface area contributed by atoms with E-state index >= 15 is 0 Å². The number of carboxylic acid groups (broad SMARTS) is 2. The Morgan fingerprint density at radius 2 is 1.84 bits per heavy atom. The van der Waals surface area contributed by atoms with Crippen molar-refractivity contribution in [2.24, 2.45) is 0 Å². The molecule has 0 aromatic heterocycles. The van der Waals surface area contributed by atoms with Crippen molar-refractivity contribution in [1.29, 1.82) is 0 Å². The smallest absolute Gasteiger partial charge is 0.321 e. The van der Waals surface area contributed by atoms with Gasteiger partial charge < -0.3 is 15.1 Å². The first kappa shape index (κ1) is 18.9. The first-order valence-electron chi connectivity index (χ1n) is 7.58. The largest absolute Gasteiger partial charge is 0.481 e. The minimum absolute atomic E-state index is 0.0339. The second kappa shape index (κ2) is 7.62. The van der Waals surface area contributed by atoms with Crippen LogP contribution in [0.1, 0.15) is 25.7 Å². The topological polar surface area (TPSA) is 141 Å². The number of nitrogens with zero attached hydrogens (tertiary/aromatic N) is 1. The van der Waals surface area contributed by atoms with Gasteiger partial charge in [-0.2, -0.15) is 4.72 Å². The summed E-state index contributed by atoms with van der Waals surface area (Å²) in [6, 6.07) is 3.97. The molecule has 0 bridgehead atoms. The van der Waals surface area contributed by atoms with Gasteiger partial charge in [0.25, 0.3) is 0 Å². The third kappa shape index (κ3) is 4.77. The zero-order chi connectivity index (χ0) is 18.6. The lowest BCUT2D eigenvalue weighted by Crippen LogP contribution is -2.41. The quantitative estimate of drug-likeness (QED) is 0.602. The lowest BCUT2D eigenvalue weighted by atomic mass is 10.2. The Kier molecular flexibility index (Phi) is 5.75. The van der Waals surface area contributed by atoms with Crippen LogP contribution in [0.25, 0.3) is 0 Å². The first-order chi connectivity index (χ1) is 11.7. The average Bonchev–Trinajstić information content (AvgIpc) is 2.97. The van der Waals surface area contributed by atoms with E-state index in [0.29, 0.717) is 18.7 Å². The molecule has 1 aliphatic heterocycles. The van der Waals surface area contributed by atoms with E-state index in [4.69, 9.17) is 10.2 Å². The zero-order valence-corrected chi connectivity index (χ0v) is 14.0. The van der Waals surface area contributed by atoms with Crippen molar-refractivity contribution in [3.63, 3.8) is 0 Å². The molecule has 25 heavy (non-hydrogen) atoms. The number of rotatable bonds is 8. The predicted octanol–water partition coefficient (Wildman–Crippen LogP) is 0.410. The molecule has 1 atom stereocenters. The van der Waals surface area contributed by atoms with Crippen LogP contribution in [0.15, 0.2) is 29.2 Å². The Labute approximate surface area is 144 Å². The van der Waals surface area contributed by atoms with E-state index in [2.05, 4.69) is 0 Å². The van der Waals surface area contributed by atoms with Gasteiger partial charge in [-0.05, 0) is 37.1 Å². The SMILES string of the molecule is O=C(O)CC[C@H](NS(=O)(=O)c1ccc(N2CCCC2=O)cc1)C(=O)O. The maximum absolute atomic E-state index is 12.3. The molecule has 1 heterocycles. The molecular weight excluding hydrogens is 352 g/mol. The van der Waals surface area contributed by atoms with Crippen LogP contribution in [0.3, 0.4) is 0 Å². The first-order valence-corrected chi connectivity index (χ1v) is 9.06. The highest BCUT2D eigenvalue weighted by atomic mass is 32.2. The highest BCUT2D eigenvalue weighted by Crippen LogP contribution is 2.23. The van der Waals surface area contributed by atoms with Crippen molar-refractivity contribution < 1.29 is 33.0 Å². The second-order valence-corrected chi connectivity index (χ2v) is 7.30. The van der Waals surface area contributed by atoms with Crippen molar-refractivity contribution in [3.05, 3.63) is 24.3 Å². The van der Waals surface area contributed by atoms with E-state index in [9.17, 15) is 22.8 Å². The summed E-state index contributed by atoms with van der Waals surface area (Å²) >= 11 is 0. The van der Waals surface area contributed by atoms with Gasteiger partial charge in [-0.25, -0.2) is 8.42 Å². The van der Waals surface area contributed by atoms with Crippen LogP contribution in [0.4, 0.5) is 5.69 Å². The fraction of sp³-hybridized carbons (Fsp3) is 0.400. The fourth-order valence-electron chi connectivity index (χ4n) is 2.48. The van der Waals surface area contributed by atoms with Gasteiger partial charge in [0.2, 0.25) is 15.9 Å². The molecule has 1 aliphatic rings. The number of hydrogen-bond acceptors (Lipinski definition) is 5. The van der Waals surface area contributed by atoms with E-state index in [1.54, 1.807) is 4.90 Å². The van der Waals surface area contributed by atoms with Crippen molar-refractivity contribution in [1.82, 2.24) is 4.72 Å². The Morgan fingerprint density at radius 1 is 1.20 bits per heavy atom. The van der Waals surface area contributed by atoms with Crippen LogP contribution in [0.2, 0.25) is 0 Å². The summed E-state index contributed by atoms with van der Waals surface area (Å²) in [5.41, 5.74) is 0.571. The lowest BCUT2D eigenvalue weighted by molar-refractivity contribution is -0.140. The molecule has 10 heteroatoms. The van der Waals surface area contributed by atoms with Gasteiger partial charge in [-0.3, -0.25) is 14.4 Å². The number of aliphatic carboxylic acids is 2. The summed E-state index contributed by atoms with van der Waals surface area (Å²) in [6.07, 6.45) is 0.343. The molecule has 1 fully saturated rings. The summed E-state index contributed by atoms with van der Waals surface area (Å²) in [6.45, 7) is 0.569. The van der Waals surface area contributed by atoms with Crippen LogP contribution in [-0.4, -0.2) is 49.1 Å². The van der Waals surface area contributed by atoms with Crippen LogP contribution >= 0.6 is 0 Å². The molecule has 0 unspecified atom stereocenters. The Balaban J connectivity index is 2.13. The standard InChI is InChI=1S/C15H18N2O7S/c18-13-2-1-9-17(13)10-3-5-11(6-4-10)25(23,24)16-12(15(21)22)7-8-14(19)20/h3-6,12,16H,1-2,7-9H2,(H,19,20)(H,21,22)/t12-/m0/s1. The summed E-state index contributed by atoms with van der Waals surface area (Å²) in [4.78, 5) is 34.7. The molecule has 0 aliphatic carbocycles. The fourth-order valence-corrected chi connectivity index (χ4v) is 3.71. The van der Waals surface area contributed by atoms with Gasteiger partial charge in [0.05, 0.1) is 4.90 Å². The summed E-state index contributed by atoms with van der Waals surface area (Å²) < 4.78 is 26.6. The maximum Gasteiger partial charge on any atom is 0.321 e. The monoisotopic (exact) mass is 370 g/mol. The van der Waals surface area contributed by atoms with Crippen molar-refractivity contribution >= 4 is 33.6 Å². The van der Waals surface area contributed by atoms with E-state index in [1.165, 1.54) is 24.3 Å². The van der Waals surface area contributed by atoms with Crippen LogP contribution in [-0.2, 0) is 24.4 Å². The molecule has 1 amide bonds. The molecule has 0 saturated carbocycles. The zero-order valence-electron chi connectivity index (χ0n) is 13.2. The molecule has 0 spiro atoms. The van der Waals surface area contributed by atoms with E-state index in [0.717, 1.165) is 6.42 Å². The predicted molar refractivity (Wildman–Crippen MR) is 86.6 cm³/mol. The highest BCUT2D eigenvalue weighted by molar-refractivity contribution is 7.89. The minimum Gasteiger partial charge on any atom is -0.481 e. The summed E-state index contributed by atoms with van der Waals surface area (Å²) in [7, 11) is -4.13. The molecule has 1 saturated heterocycles. The molecule has 1 aromatic rings. The van der Waals surface area contributed by atoms with E-state index in [1.807, 2.05) is 4.72 Å². The summed E-state index contributed by atoms with van der Waals surface area (Å²) in [5.74, 6) is -2.71. The van der Waals surface area contributed by atoms with Crippen molar-refractivity contribution in [2.75, 3.05) is 11.4 Å². The van der Waals surface area contributed by atoms with Crippen molar-refractivity contribution in [3.8, 4) is 0 Å². The van der Waals surface area contributed by atoms with Gasteiger partial charge in [0.1, 0.15) is 6.04 Å². The molecule has 136 valence electrons. The molecule has 0 radical (unpaired) electrons. The molecule has 1 aromatic carbocycles. The lowest BCUT2D eigenvalue weighted by Gasteiger charge is -2.17.